The zero-order valence-corrected chi connectivity index (χ0v) is 8.01. The maximum absolute atomic E-state index is 13.2. The lowest BCUT2D eigenvalue weighted by atomic mass is 10.1. The van der Waals surface area contributed by atoms with Crippen LogP contribution in [0.15, 0.2) is 18.2 Å². The molecule has 1 aromatic carbocycles. The molecular formula is C10H10ClFO. The molecule has 0 aromatic heterocycles. The highest BCUT2D eigenvalue weighted by molar-refractivity contribution is 6.27. The van der Waals surface area contributed by atoms with Gasteiger partial charge in [-0.3, -0.25) is 0 Å². The summed E-state index contributed by atoms with van der Waals surface area (Å²) in [6.07, 6.45) is 0.859. The summed E-state index contributed by atoms with van der Waals surface area (Å²) in [6.45, 7) is 1.81. The Hall–Kier alpha value is -0.890. The van der Waals surface area contributed by atoms with Crippen molar-refractivity contribution in [1.82, 2.24) is 0 Å². The summed E-state index contributed by atoms with van der Waals surface area (Å²) < 4.78 is 13.2. The Bertz CT molecular complexity index is 312. The summed E-state index contributed by atoms with van der Waals surface area (Å²) in [5.74, 6) is -0.299. The van der Waals surface area contributed by atoms with Gasteiger partial charge in [0.25, 0.3) is 0 Å². The van der Waals surface area contributed by atoms with Crippen molar-refractivity contribution in [2.45, 2.75) is 18.7 Å². The highest BCUT2D eigenvalue weighted by atomic mass is 35.5. The van der Waals surface area contributed by atoms with Crippen LogP contribution in [0.4, 0.5) is 4.39 Å². The van der Waals surface area contributed by atoms with Crippen LogP contribution < -0.4 is 0 Å². The van der Waals surface area contributed by atoms with Gasteiger partial charge in [-0.25, -0.2) is 4.39 Å². The van der Waals surface area contributed by atoms with E-state index in [1.807, 2.05) is 6.92 Å². The van der Waals surface area contributed by atoms with Gasteiger partial charge in [0.05, 0.1) is 5.38 Å². The number of hydrogen-bond acceptors (Lipinski definition) is 1. The Morgan fingerprint density at radius 2 is 2.31 bits per heavy atom. The standard InChI is InChI=1S/C10H10ClFO/c1-7-2-3-8(10(12)4-7)5-9(11)6-13/h2-4,6,9H,5H2,1H3. The third kappa shape index (κ3) is 2.81. The SMILES string of the molecule is Cc1ccc(CC(Cl)C=O)c(F)c1. The lowest BCUT2D eigenvalue weighted by molar-refractivity contribution is -0.107. The molecule has 0 aliphatic heterocycles. The average molecular weight is 201 g/mol. The van der Waals surface area contributed by atoms with Gasteiger partial charge in [-0.05, 0) is 30.5 Å². The number of alkyl halides is 1. The molecule has 0 saturated heterocycles. The second-order valence-corrected chi connectivity index (χ2v) is 3.51. The molecule has 0 fully saturated rings. The van der Waals surface area contributed by atoms with Crippen molar-refractivity contribution in [1.29, 1.82) is 0 Å². The first-order valence-electron chi connectivity index (χ1n) is 3.98. The first kappa shape index (κ1) is 10.2. The summed E-state index contributed by atoms with van der Waals surface area (Å²) in [4.78, 5) is 10.2. The molecule has 0 amide bonds. The minimum absolute atomic E-state index is 0.247. The van der Waals surface area contributed by atoms with E-state index in [-0.39, 0.29) is 12.2 Å². The van der Waals surface area contributed by atoms with Crippen LogP contribution in [0.2, 0.25) is 0 Å². The topological polar surface area (TPSA) is 17.1 Å². The lowest BCUT2D eigenvalue weighted by Crippen LogP contribution is -2.06. The van der Waals surface area contributed by atoms with Crippen LogP contribution in [0.25, 0.3) is 0 Å². The molecule has 13 heavy (non-hydrogen) atoms. The molecule has 70 valence electrons. The van der Waals surface area contributed by atoms with Crippen molar-refractivity contribution >= 4 is 17.9 Å². The van der Waals surface area contributed by atoms with Gasteiger partial charge in [0.2, 0.25) is 0 Å². The number of carbonyl (C=O) groups is 1. The molecule has 0 radical (unpaired) electrons. The predicted octanol–water partition coefficient (Wildman–Crippen LogP) is 2.48. The molecule has 1 atom stereocenters. The van der Waals surface area contributed by atoms with E-state index >= 15 is 0 Å². The van der Waals surface area contributed by atoms with Gasteiger partial charge in [-0.1, -0.05) is 12.1 Å². The molecule has 0 heterocycles. The Morgan fingerprint density at radius 1 is 1.62 bits per heavy atom. The number of aryl methyl sites for hydroxylation is 1. The van der Waals surface area contributed by atoms with Crippen molar-refractivity contribution in [3.8, 4) is 0 Å². The molecule has 0 aliphatic rings. The summed E-state index contributed by atoms with van der Waals surface area (Å²) >= 11 is 5.58. The Labute approximate surface area is 81.5 Å². The predicted molar refractivity (Wildman–Crippen MR) is 50.5 cm³/mol. The molecule has 0 N–H and O–H groups in total. The third-order valence-corrected chi connectivity index (χ3v) is 2.03. The van der Waals surface area contributed by atoms with E-state index in [1.165, 1.54) is 6.07 Å². The first-order valence-corrected chi connectivity index (χ1v) is 4.41. The van der Waals surface area contributed by atoms with Crippen LogP contribution in [0.3, 0.4) is 0 Å². The number of halogens is 2. The van der Waals surface area contributed by atoms with Crippen LogP contribution in [0.1, 0.15) is 11.1 Å². The van der Waals surface area contributed by atoms with Gasteiger partial charge >= 0.3 is 0 Å². The fourth-order valence-corrected chi connectivity index (χ4v) is 1.24. The molecule has 0 saturated carbocycles. The van der Waals surface area contributed by atoms with E-state index in [0.717, 1.165) is 5.56 Å². The second kappa shape index (κ2) is 4.38. The number of rotatable bonds is 3. The maximum atomic E-state index is 13.2. The van der Waals surface area contributed by atoms with E-state index in [4.69, 9.17) is 11.6 Å². The number of benzene rings is 1. The van der Waals surface area contributed by atoms with Crippen molar-refractivity contribution < 1.29 is 9.18 Å². The van der Waals surface area contributed by atoms with Crippen molar-refractivity contribution in [2.75, 3.05) is 0 Å². The number of hydrogen-bond donors (Lipinski definition) is 0. The zero-order chi connectivity index (χ0) is 9.84. The fourth-order valence-electron chi connectivity index (χ4n) is 1.08. The van der Waals surface area contributed by atoms with Crippen LogP contribution >= 0.6 is 11.6 Å². The Balaban J connectivity index is 2.83. The number of aldehydes is 1. The van der Waals surface area contributed by atoms with Gasteiger partial charge in [0.15, 0.2) is 0 Å². The normalized spacial score (nSPS) is 12.5. The minimum Gasteiger partial charge on any atom is -0.302 e. The second-order valence-electron chi connectivity index (χ2n) is 2.95. The molecule has 1 unspecified atom stereocenters. The minimum atomic E-state index is -0.641. The van der Waals surface area contributed by atoms with Gasteiger partial charge in [0, 0.05) is 0 Å². The number of carbonyl (C=O) groups excluding carboxylic acids is 1. The molecule has 1 rings (SSSR count). The molecule has 3 heteroatoms. The van der Waals surface area contributed by atoms with E-state index < -0.39 is 5.38 Å². The largest absolute Gasteiger partial charge is 0.302 e. The zero-order valence-electron chi connectivity index (χ0n) is 7.26. The summed E-state index contributed by atoms with van der Waals surface area (Å²) in [7, 11) is 0. The van der Waals surface area contributed by atoms with Gasteiger partial charge in [-0.15, -0.1) is 11.6 Å². The quantitative estimate of drug-likeness (QED) is 0.541. The van der Waals surface area contributed by atoms with Gasteiger partial charge in [-0.2, -0.15) is 0 Å². The van der Waals surface area contributed by atoms with E-state index in [0.29, 0.717) is 11.8 Å². The van der Waals surface area contributed by atoms with E-state index in [9.17, 15) is 9.18 Å². The summed E-state index contributed by atoms with van der Waals surface area (Å²) in [5.41, 5.74) is 1.34. The maximum Gasteiger partial charge on any atom is 0.138 e. The fraction of sp³-hybridized carbons (Fsp3) is 0.300. The van der Waals surface area contributed by atoms with Crippen molar-refractivity contribution in [2.24, 2.45) is 0 Å². The van der Waals surface area contributed by atoms with Crippen LogP contribution in [-0.4, -0.2) is 11.7 Å². The average Bonchev–Trinajstić information content (AvgIpc) is 2.09. The Kier molecular flexibility index (Phi) is 3.43. The first-order chi connectivity index (χ1) is 6.13. The van der Waals surface area contributed by atoms with Crippen LogP contribution in [-0.2, 0) is 11.2 Å². The summed E-state index contributed by atoms with van der Waals surface area (Å²) in [6, 6.07) is 4.89. The lowest BCUT2D eigenvalue weighted by Gasteiger charge is -2.04. The Morgan fingerprint density at radius 3 is 2.85 bits per heavy atom. The van der Waals surface area contributed by atoms with Crippen molar-refractivity contribution in [3.63, 3.8) is 0 Å². The highest BCUT2D eigenvalue weighted by Gasteiger charge is 2.08. The van der Waals surface area contributed by atoms with E-state index in [1.54, 1.807) is 12.1 Å². The summed E-state index contributed by atoms with van der Waals surface area (Å²) in [5, 5.41) is -0.641. The smallest absolute Gasteiger partial charge is 0.138 e. The monoisotopic (exact) mass is 200 g/mol. The molecule has 0 aliphatic carbocycles. The third-order valence-electron chi connectivity index (χ3n) is 1.77. The van der Waals surface area contributed by atoms with Gasteiger partial charge in [0.1, 0.15) is 12.1 Å². The molecule has 0 bridgehead atoms. The molecule has 1 nitrogen and oxygen atoms in total. The van der Waals surface area contributed by atoms with Crippen LogP contribution in [0, 0.1) is 12.7 Å². The van der Waals surface area contributed by atoms with Gasteiger partial charge < -0.3 is 4.79 Å². The van der Waals surface area contributed by atoms with Crippen molar-refractivity contribution in [3.05, 3.63) is 35.1 Å². The molecule has 0 spiro atoms. The van der Waals surface area contributed by atoms with Crippen LogP contribution in [0.5, 0.6) is 0 Å². The molecular weight excluding hydrogens is 191 g/mol. The van der Waals surface area contributed by atoms with E-state index in [2.05, 4.69) is 0 Å². The molecule has 1 aromatic rings. The highest BCUT2D eigenvalue weighted by Crippen LogP contribution is 2.13.